The summed E-state index contributed by atoms with van der Waals surface area (Å²) >= 11 is 11.7. The zero-order valence-corrected chi connectivity index (χ0v) is 21.8. The molecule has 0 aliphatic carbocycles. The Kier molecular flexibility index (Phi) is 8.91. The highest BCUT2D eigenvalue weighted by Gasteiger charge is 2.23. The molecule has 1 heterocycles. The van der Waals surface area contributed by atoms with E-state index in [-0.39, 0.29) is 16.9 Å². The fourth-order valence-corrected chi connectivity index (χ4v) is 4.28. The van der Waals surface area contributed by atoms with E-state index in [1.54, 1.807) is 18.2 Å². The van der Waals surface area contributed by atoms with Gasteiger partial charge in [-0.15, -0.1) is 0 Å². The van der Waals surface area contributed by atoms with E-state index in [9.17, 15) is 9.59 Å². The van der Waals surface area contributed by atoms with E-state index >= 15 is 0 Å². The molecule has 8 heteroatoms. The Balaban J connectivity index is 1.64. The van der Waals surface area contributed by atoms with Crippen molar-refractivity contribution in [1.82, 2.24) is 10.2 Å². The van der Waals surface area contributed by atoms with Gasteiger partial charge in [-0.2, -0.15) is 0 Å². The maximum atomic E-state index is 12.6. The number of hydrogen-bond acceptors (Lipinski definition) is 4. The van der Waals surface area contributed by atoms with Gasteiger partial charge in [0.1, 0.15) is 0 Å². The standard InChI is InChI=1S/C26H33ClN4O2S/c1-17(2)15-24(32)31-13-11-30(12-14-31)23-10-9-21(27)16-22(23)28-26(34)29-25(33)20-7-5-19(6-8-20)18(3)4/h5-10,16-18H,11-15H2,1-4H3,(H2,28,29,33,34). The summed E-state index contributed by atoms with van der Waals surface area (Å²) in [6, 6.07) is 13.1. The maximum Gasteiger partial charge on any atom is 0.257 e. The summed E-state index contributed by atoms with van der Waals surface area (Å²) in [7, 11) is 0. The molecule has 182 valence electrons. The van der Waals surface area contributed by atoms with Gasteiger partial charge in [0.2, 0.25) is 5.91 Å². The van der Waals surface area contributed by atoms with Gasteiger partial charge >= 0.3 is 0 Å². The molecule has 3 rings (SSSR count). The van der Waals surface area contributed by atoms with Crippen LogP contribution in [0.5, 0.6) is 0 Å². The Morgan fingerprint density at radius 2 is 1.65 bits per heavy atom. The van der Waals surface area contributed by atoms with E-state index in [2.05, 4.69) is 43.2 Å². The zero-order chi connectivity index (χ0) is 24.8. The first-order valence-electron chi connectivity index (χ1n) is 11.7. The number of benzene rings is 2. The molecule has 0 radical (unpaired) electrons. The topological polar surface area (TPSA) is 64.7 Å². The van der Waals surface area contributed by atoms with Crippen LogP contribution in [0.2, 0.25) is 5.02 Å². The highest BCUT2D eigenvalue weighted by atomic mass is 35.5. The molecule has 2 amide bonds. The lowest BCUT2D eigenvalue weighted by Crippen LogP contribution is -2.49. The molecule has 0 spiro atoms. The van der Waals surface area contributed by atoms with Gasteiger partial charge in [-0.25, -0.2) is 0 Å². The molecule has 0 unspecified atom stereocenters. The highest BCUT2D eigenvalue weighted by Crippen LogP contribution is 2.30. The van der Waals surface area contributed by atoms with Crippen LogP contribution in [0.3, 0.4) is 0 Å². The number of piperazine rings is 1. The number of hydrogen-bond donors (Lipinski definition) is 2. The summed E-state index contributed by atoms with van der Waals surface area (Å²) in [4.78, 5) is 29.2. The molecule has 2 N–H and O–H groups in total. The summed E-state index contributed by atoms with van der Waals surface area (Å²) in [5.41, 5.74) is 3.36. The van der Waals surface area contributed by atoms with Crippen molar-refractivity contribution in [3.8, 4) is 0 Å². The summed E-state index contributed by atoms with van der Waals surface area (Å²) in [5, 5.41) is 6.65. The van der Waals surface area contributed by atoms with E-state index in [1.807, 2.05) is 29.2 Å². The first-order valence-corrected chi connectivity index (χ1v) is 12.5. The van der Waals surface area contributed by atoms with Crippen molar-refractivity contribution in [2.24, 2.45) is 5.92 Å². The molecule has 2 aromatic carbocycles. The Bertz CT molecular complexity index is 1030. The monoisotopic (exact) mass is 500 g/mol. The number of halogens is 1. The number of thiocarbonyl (C=S) groups is 1. The molecular formula is C26H33ClN4O2S. The largest absolute Gasteiger partial charge is 0.366 e. The van der Waals surface area contributed by atoms with Crippen molar-refractivity contribution >= 4 is 52.1 Å². The van der Waals surface area contributed by atoms with E-state index in [1.165, 1.54) is 5.56 Å². The Morgan fingerprint density at radius 3 is 2.24 bits per heavy atom. The number of anilines is 2. The van der Waals surface area contributed by atoms with E-state index < -0.39 is 0 Å². The predicted molar refractivity (Wildman–Crippen MR) is 144 cm³/mol. The summed E-state index contributed by atoms with van der Waals surface area (Å²) < 4.78 is 0. The number of carbonyl (C=O) groups is 2. The number of amides is 2. The van der Waals surface area contributed by atoms with Gasteiger partial charge in [-0.3, -0.25) is 14.9 Å². The van der Waals surface area contributed by atoms with Crippen LogP contribution in [-0.4, -0.2) is 48.0 Å². The first-order chi connectivity index (χ1) is 16.1. The third kappa shape index (κ3) is 6.93. The number of nitrogens with zero attached hydrogens (tertiary/aromatic N) is 2. The lowest BCUT2D eigenvalue weighted by molar-refractivity contribution is -0.132. The van der Waals surface area contributed by atoms with E-state index in [0.717, 1.165) is 11.4 Å². The lowest BCUT2D eigenvalue weighted by Gasteiger charge is -2.37. The molecule has 6 nitrogen and oxygen atoms in total. The van der Waals surface area contributed by atoms with Gasteiger partial charge in [0.05, 0.1) is 11.4 Å². The number of nitrogens with one attached hydrogen (secondary N) is 2. The molecule has 1 aliphatic rings. The predicted octanol–water partition coefficient (Wildman–Crippen LogP) is 5.28. The second-order valence-electron chi connectivity index (χ2n) is 9.31. The van der Waals surface area contributed by atoms with Crippen LogP contribution >= 0.6 is 23.8 Å². The van der Waals surface area contributed by atoms with Crippen molar-refractivity contribution in [2.75, 3.05) is 36.4 Å². The minimum absolute atomic E-state index is 0.201. The molecule has 1 aliphatic heterocycles. The number of carbonyl (C=O) groups excluding carboxylic acids is 2. The smallest absolute Gasteiger partial charge is 0.257 e. The average molecular weight is 501 g/mol. The second-order valence-corrected chi connectivity index (χ2v) is 10.2. The van der Waals surface area contributed by atoms with Gasteiger partial charge in [0, 0.05) is 43.2 Å². The van der Waals surface area contributed by atoms with Crippen LogP contribution in [0.4, 0.5) is 11.4 Å². The highest BCUT2D eigenvalue weighted by molar-refractivity contribution is 7.80. The quantitative estimate of drug-likeness (QED) is 0.528. The van der Waals surface area contributed by atoms with Gasteiger partial charge in [-0.1, -0.05) is 51.4 Å². The van der Waals surface area contributed by atoms with E-state index in [4.69, 9.17) is 23.8 Å². The van der Waals surface area contributed by atoms with Crippen molar-refractivity contribution < 1.29 is 9.59 Å². The van der Waals surface area contributed by atoms with Crippen LogP contribution in [0.1, 0.15) is 56.0 Å². The minimum Gasteiger partial charge on any atom is -0.366 e. The zero-order valence-electron chi connectivity index (χ0n) is 20.2. The van der Waals surface area contributed by atoms with Crippen molar-refractivity contribution in [1.29, 1.82) is 0 Å². The third-order valence-electron chi connectivity index (χ3n) is 5.83. The lowest BCUT2D eigenvalue weighted by atomic mass is 10.0. The minimum atomic E-state index is -0.270. The van der Waals surface area contributed by atoms with Crippen molar-refractivity contribution in [3.63, 3.8) is 0 Å². The van der Waals surface area contributed by atoms with Crippen molar-refractivity contribution in [3.05, 3.63) is 58.6 Å². The van der Waals surface area contributed by atoms with Gasteiger partial charge in [-0.05, 0) is 59.9 Å². The summed E-state index contributed by atoms with van der Waals surface area (Å²) in [6.07, 6.45) is 0.571. The van der Waals surface area contributed by atoms with Crippen LogP contribution < -0.4 is 15.5 Å². The van der Waals surface area contributed by atoms with E-state index in [0.29, 0.717) is 55.0 Å². The molecule has 0 aromatic heterocycles. The van der Waals surface area contributed by atoms with Crippen LogP contribution in [0, 0.1) is 5.92 Å². The molecule has 0 atom stereocenters. The molecule has 2 aromatic rings. The molecule has 0 saturated carbocycles. The summed E-state index contributed by atoms with van der Waals surface area (Å²) in [5.74, 6) is 0.682. The Labute approximate surface area is 212 Å². The van der Waals surface area contributed by atoms with Crippen molar-refractivity contribution in [2.45, 2.75) is 40.0 Å². The molecule has 1 saturated heterocycles. The third-order valence-corrected chi connectivity index (χ3v) is 6.27. The van der Waals surface area contributed by atoms with Gasteiger partial charge < -0.3 is 15.1 Å². The Hall–Kier alpha value is -2.64. The maximum absolute atomic E-state index is 12.6. The van der Waals surface area contributed by atoms with Gasteiger partial charge in [0.25, 0.3) is 5.91 Å². The first kappa shape index (κ1) is 26.0. The molecule has 34 heavy (non-hydrogen) atoms. The van der Waals surface area contributed by atoms with Crippen LogP contribution in [0.25, 0.3) is 0 Å². The summed E-state index contributed by atoms with van der Waals surface area (Å²) in [6.45, 7) is 11.1. The fraction of sp³-hybridized carbons (Fsp3) is 0.423. The molecule has 1 fully saturated rings. The molecule has 0 bridgehead atoms. The normalized spacial score (nSPS) is 13.9. The Morgan fingerprint density at radius 1 is 1.00 bits per heavy atom. The SMILES string of the molecule is CC(C)CC(=O)N1CCN(c2ccc(Cl)cc2NC(=S)NC(=O)c2ccc(C(C)C)cc2)CC1. The molecular weight excluding hydrogens is 468 g/mol. The fourth-order valence-electron chi connectivity index (χ4n) is 3.91. The van der Waals surface area contributed by atoms with Crippen LogP contribution in [-0.2, 0) is 4.79 Å². The second kappa shape index (κ2) is 11.7. The average Bonchev–Trinajstić information content (AvgIpc) is 2.79. The van der Waals surface area contributed by atoms with Crippen LogP contribution in [0.15, 0.2) is 42.5 Å². The van der Waals surface area contributed by atoms with Gasteiger partial charge in [0.15, 0.2) is 5.11 Å². The number of rotatable bonds is 6.